The standard InChI is InChI=1S/C26H32ClN5O3/c1-17-5-7-19(8-6-17)30-24(33)20-15-28-23-22(21(20)27)32(16-29-23)14-11-18-9-12-31(13-10-18)25(34)35-26(2,3)4/h5-8,15-16,18H,9-14H2,1-4H3,(H,30,33). The van der Waals surface area contributed by atoms with Crippen LogP contribution in [0.1, 0.15) is 56.0 Å². The Morgan fingerprint density at radius 2 is 1.83 bits per heavy atom. The van der Waals surface area contributed by atoms with Gasteiger partial charge in [-0.25, -0.2) is 14.8 Å². The van der Waals surface area contributed by atoms with Gasteiger partial charge in [0.25, 0.3) is 5.91 Å². The van der Waals surface area contributed by atoms with Crippen LogP contribution in [0.3, 0.4) is 0 Å². The van der Waals surface area contributed by atoms with Crippen molar-refractivity contribution in [1.29, 1.82) is 0 Å². The normalized spacial score (nSPS) is 14.8. The summed E-state index contributed by atoms with van der Waals surface area (Å²) in [7, 11) is 0. The first-order chi connectivity index (χ1) is 16.6. The van der Waals surface area contributed by atoms with Crippen LogP contribution in [0.25, 0.3) is 11.2 Å². The van der Waals surface area contributed by atoms with Crippen molar-refractivity contribution in [3.8, 4) is 0 Å². The van der Waals surface area contributed by atoms with E-state index in [4.69, 9.17) is 16.3 Å². The van der Waals surface area contributed by atoms with Crippen molar-refractivity contribution < 1.29 is 14.3 Å². The number of amides is 2. The number of aromatic nitrogens is 3. The maximum atomic E-state index is 12.9. The molecule has 0 bridgehead atoms. The molecule has 0 spiro atoms. The first-order valence-corrected chi connectivity index (χ1v) is 12.3. The summed E-state index contributed by atoms with van der Waals surface area (Å²) in [5, 5.41) is 3.22. The molecule has 0 radical (unpaired) electrons. The zero-order chi connectivity index (χ0) is 25.2. The van der Waals surface area contributed by atoms with Gasteiger partial charge in [-0.1, -0.05) is 29.3 Å². The van der Waals surface area contributed by atoms with Gasteiger partial charge in [0.15, 0.2) is 5.65 Å². The number of piperidine rings is 1. The van der Waals surface area contributed by atoms with E-state index in [9.17, 15) is 9.59 Å². The average molecular weight is 498 g/mol. The summed E-state index contributed by atoms with van der Waals surface area (Å²) in [6.07, 6.45) is 5.71. The number of carbonyl (C=O) groups excluding carboxylic acids is 2. The fraction of sp³-hybridized carbons (Fsp3) is 0.462. The van der Waals surface area contributed by atoms with Crippen LogP contribution in [0.4, 0.5) is 10.5 Å². The molecule has 9 heteroatoms. The number of likely N-dealkylation sites (tertiary alicyclic amines) is 1. The van der Waals surface area contributed by atoms with Crippen molar-refractivity contribution in [3.63, 3.8) is 0 Å². The van der Waals surface area contributed by atoms with Crippen LogP contribution in [0.2, 0.25) is 5.02 Å². The third-order valence-corrected chi connectivity index (χ3v) is 6.56. The van der Waals surface area contributed by atoms with Gasteiger partial charge < -0.3 is 19.5 Å². The maximum absolute atomic E-state index is 12.9. The molecule has 4 rings (SSSR count). The monoisotopic (exact) mass is 497 g/mol. The van der Waals surface area contributed by atoms with Gasteiger partial charge in [-0.2, -0.15) is 0 Å². The van der Waals surface area contributed by atoms with Gasteiger partial charge in [-0.3, -0.25) is 4.79 Å². The number of fused-ring (bicyclic) bond motifs is 1. The molecule has 8 nitrogen and oxygen atoms in total. The lowest BCUT2D eigenvalue weighted by molar-refractivity contribution is 0.0180. The van der Waals surface area contributed by atoms with Gasteiger partial charge in [-0.05, 0) is 65.0 Å². The Morgan fingerprint density at radius 3 is 2.49 bits per heavy atom. The summed E-state index contributed by atoms with van der Waals surface area (Å²) in [4.78, 5) is 35.7. The van der Waals surface area contributed by atoms with Crippen molar-refractivity contribution in [3.05, 3.63) is 52.9 Å². The highest BCUT2D eigenvalue weighted by atomic mass is 35.5. The Morgan fingerprint density at radius 1 is 1.14 bits per heavy atom. The third-order valence-electron chi connectivity index (χ3n) is 6.18. The van der Waals surface area contributed by atoms with Gasteiger partial charge >= 0.3 is 6.09 Å². The molecule has 35 heavy (non-hydrogen) atoms. The Bertz CT molecular complexity index is 1210. The molecule has 3 heterocycles. The van der Waals surface area contributed by atoms with Crippen molar-refractivity contribution >= 4 is 40.5 Å². The predicted molar refractivity (Wildman–Crippen MR) is 137 cm³/mol. The fourth-order valence-corrected chi connectivity index (χ4v) is 4.54. The minimum Gasteiger partial charge on any atom is -0.444 e. The van der Waals surface area contributed by atoms with E-state index in [-0.39, 0.29) is 12.0 Å². The van der Waals surface area contributed by atoms with E-state index in [0.717, 1.165) is 24.8 Å². The number of ether oxygens (including phenoxy) is 1. The van der Waals surface area contributed by atoms with E-state index in [2.05, 4.69) is 15.3 Å². The number of carbonyl (C=O) groups is 2. The molecule has 186 valence electrons. The Balaban J connectivity index is 1.39. The fourth-order valence-electron chi connectivity index (χ4n) is 4.22. The second-order valence-electron chi connectivity index (χ2n) is 10.1. The summed E-state index contributed by atoms with van der Waals surface area (Å²) in [5.41, 5.74) is 2.81. The Kier molecular flexibility index (Phi) is 7.31. The van der Waals surface area contributed by atoms with Crippen LogP contribution >= 0.6 is 11.6 Å². The third kappa shape index (κ3) is 6.11. The van der Waals surface area contributed by atoms with Crippen LogP contribution in [-0.4, -0.2) is 50.1 Å². The minimum atomic E-state index is -0.487. The Labute approximate surface area is 210 Å². The van der Waals surface area contributed by atoms with Crippen molar-refractivity contribution in [2.75, 3.05) is 18.4 Å². The highest BCUT2D eigenvalue weighted by molar-refractivity contribution is 6.38. The topological polar surface area (TPSA) is 89.4 Å². The average Bonchev–Trinajstić information content (AvgIpc) is 3.22. The molecule has 1 saturated heterocycles. The molecule has 2 aromatic heterocycles. The molecule has 1 aliphatic rings. The van der Waals surface area contributed by atoms with Crippen molar-refractivity contribution in [2.24, 2.45) is 5.92 Å². The SMILES string of the molecule is Cc1ccc(NC(=O)c2cnc3ncn(CCC4CCN(C(=O)OC(C)(C)C)CC4)c3c2Cl)cc1. The van der Waals surface area contributed by atoms with Crippen LogP contribution in [0.5, 0.6) is 0 Å². The number of hydrogen-bond donors (Lipinski definition) is 1. The molecule has 0 saturated carbocycles. The number of pyridine rings is 1. The lowest BCUT2D eigenvalue weighted by atomic mass is 9.94. The van der Waals surface area contributed by atoms with E-state index in [1.165, 1.54) is 6.20 Å². The maximum Gasteiger partial charge on any atom is 0.410 e. The van der Waals surface area contributed by atoms with Gasteiger partial charge in [0.2, 0.25) is 0 Å². The summed E-state index contributed by atoms with van der Waals surface area (Å²) in [6.45, 7) is 9.72. The number of halogens is 1. The number of imidazole rings is 1. The molecule has 1 aliphatic heterocycles. The molecule has 2 amide bonds. The molecule has 0 aliphatic carbocycles. The van der Waals surface area contributed by atoms with Crippen LogP contribution in [-0.2, 0) is 11.3 Å². The molecule has 3 aromatic rings. The van der Waals surface area contributed by atoms with Gasteiger partial charge in [0.1, 0.15) is 11.1 Å². The number of nitrogens with one attached hydrogen (secondary N) is 1. The number of rotatable bonds is 5. The zero-order valence-corrected chi connectivity index (χ0v) is 21.4. The molecule has 1 aromatic carbocycles. The summed E-state index contributed by atoms with van der Waals surface area (Å²) in [6, 6.07) is 7.58. The summed E-state index contributed by atoms with van der Waals surface area (Å²) < 4.78 is 7.45. The largest absolute Gasteiger partial charge is 0.444 e. The summed E-state index contributed by atoms with van der Waals surface area (Å²) in [5.74, 6) is 0.168. The lowest BCUT2D eigenvalue weighted by Gasteiger charge is -2.33. The van der Waals surface area contributed by atoms with Crippen LogP contribution < -0.4 is 5.32 Å². The van der Waals surface area contributed by atoms with E-state index >= 15 is 0 Å². The second kappa shape index (κ2) is 10.2. The van der Waals surface area contributed by atoms with Crippen LogP contribution in [0, 0.1) is 12.8 Å². The van der Waals surface area contributed by atoms with E-state index in [1.54, 1.807) is 11.2 Å². The quantitative estimate of drug-likeness (QED) is 0.489. The molecular formula is C26H32ClN5O3. The highest BCUT2D eigenvalue weighted by Crippen LogP contribution is 2.28. The minimum absolute atomic E-state index is 0.245. The lowest BCUT2D eigenvalue weighted by Crippen LogP contribution is -2.41. The van der Waals surface area contributed by atoms with Gasteiger partial charge in [0, 0.05) is 31.5 Å². The van der Waals surface area contributed by atoms with Crippen molar-refractivity contribution in [2.45, 2.75) is 59.1 Å². The molecule has 0 unspecified atom stereocenters. The molecule has 1 N–H and O–H groups in total. The van der Waals surface area contributed by atoms with Gasteiger partial charge in [0.05, 0.1) is 16.9 Å². The van der Waals surface area contributed by atoms with Gasteiger partial charge in [-0.15, -0.1) is 0 Å². The molecular weight excluding hydrogens is 466 g/mol. The first-order valence-electron chi connectivity index (χ1n) is 12.0. The number of nitrogens with zero attached hydrogens (tertiary/aromatic N) is 4. The van der Waals surface area contributed by atoms with E-state index in [0.29, 0.717) is 53.0 Å². The predicted octanol–water partition coefficient (Wildman–Crippen LogP) is 5.68. The van der Waals surface area contributed by atoms with E-state index < -0.39 is 5.60 Å². The Hall–Kier alpha value is -3.13. The number of aryl methyl sites for hydroxylation is 2. The summed E-state index contributed by atoms with van der Waals surface area (Å²) >= 11 is 6.68. The smallest absolute Gasteiger partial charge is 0.410 e. The van der Waals surface area contributed by atoms with Crippen LogP contribution in [0.15, 0.2) is 36.8 Å². The number of anilines is 1. The molecule has 1 fully saturated rings. The number of benzene rings is 1. The highest BCUT2D eigenvalue weighted by Gasteiger charge is 2.27. The number of hydrogen-bond acceptors (Lipinski definition) is 5. The molecule has 0 atom stereocenters. The second-order valence-corrected chi connectivity index (χ2v) is 10.5. The van der Waals surface area contributed by atoms with Crippen molar-refractivity contribution in [1.82, 2.24) is 19.4 Å². The zero-order valence-electron chi connectivity index (χ0n) is 20.7. The van der Waals surface area contributed by atoms with E-state index in [1.807, 2.05) is 56.5 Å². The first kappa shape index (κ1) is 25.0.